The third-order valence-corrected chi connectivity index (χ3v) is 3.19. The van der Waals surface area contributed by atoms with Crippen LogP contribution in [0.4, 0.5) is 0 Å². The zero-order valence-electron chi connectivity index (χ0n) is 10.7. The summed E-state index contributed by atoms with van der Waals surface area (Å²) >= 11 is 0. The number of carboxylic acid groups (broad SMARTS) is 1. The van der Waals surface area contributed by atoms with Crippen LogP contribution >= 0.6 is 0 Å². The molecule has 0 atom stereocenters. The van der Waals surface area contributed by atoms with Crippen LogP contribution in [0.3, 0.4) is 0 Å². The number of fused-ring (bicyclic) bond motifs is 1. The molecule has 0 radical (unpaired) electrons. The molecule has 0 fully saturated rings. The van der Waals surface area contributed by atoms with Gasteiger partial charge in [-0.1, -0.05) is 12.1 Å². The van der Waals surface area contributed by atoms with E-state index in [1.165, 1.54) is 0 Å². The number of benzene rings is 1. The molecule has 0 saturated carbocycles. The van der Waals surface area contributed by atoms with Gasteiger partial charge in [0.05, 0.1) is 11.3 Å². The first kappa shape index (κ1) is 12.4. The van der Waals surface area contributed by atoms with E-state index in [1.807, 2.05) is 28.9 Å². The van der Waals surface area contributed by atoms with Gasteiger partial charge in [0.1, 0.15) is 5.65 Å². The molecule has 1 aromatic carbocycles. The minimum atomic E-state index is -0.931. The topological polar surface area (TPSA) is 80.6 Å². The molecule has 0 aliphatic heterocycles. The third-order valence-electron chi connectivity index (χ3n) is 3.19. The number of pyridine rings is 1. The van der Waals surface area contributed by atoms with Crippen molar-refractivity contribution in [3.05, 3.63) is 59.9 Å². The van der Waals surface area contributed by atoms with E-state index in [0.717, 1.165) is 22.5 Å². The van der Waals surface area contributed by atoms with Crippen LogP contribution in [0.2, 0.25) is 0 Å². The molecular formula is C15H13N3O2. The first-order chi connectivity index (χ1) is 9.67. The maximum Gasteiger partial charge on any atom is 0.335 e. The second-order valence-corrected chi connectivity index (χ2v) is 4.51. The van der Waals surface area contributed by atoms with Gasteiger partial charge in [0.2, 0.25) is 0 Å². The number of aromatic carboxylic acids is 1. The van der Waals surface area contributed by atoms with Crippen molar-refractivity contribution in [1.82, 2.24) is 9.38 Å². The van der Waals surface area contributed by atoms with Crippen molar-refractivity contribution >= 4 is 11.6 Å². The summed E-state index contributed by atoms with van der Waals surface area (Å²) in [5, 5.41) is 8.89. The Morgan fingerprint density at radius 3 is 2.65 bits per heavy atom. The third kappa shape index (κ3) is 2.15. The SMILES string of the molecule is NCc1ccn2cc(-c3ccc(C(=O)O)cc3)nc2c1. The minimum Gasteiger partial charge on any atom is -0.478 e. The number of rotatable bonds is 3. The van der Waals surface area contributed by atoms with Gasteiger partial charge in [-0.15, -0.1) is 0 Å². The van der Waals surface area contributed by atoms with Crippen molar-refractivity contribution < 1.29 is 9.90 Å². The van der Waals surface area contributed by atoms with Crippen LogP contribution < -0.4 is 5.73 Å². The van der Waals surface area contributed by atoms with E-state index in [4.69, 9.17) is 10.8 Å². The highest BCUT2D eigenvalue weighted by atomic mass is 16.4. The summed E-state index contributed by atoms with van der Waals surface area (Å²) in [4.78, 5) is 15.4. The fourth-order valence-electron chi connectivity index (χ4n) is 2.07. The summed E-state index contributed by atoms with van der Waals surface area (Å²) in [5.41, 5.74) is 9.41. The molecule has 0 bridgehead atoms. The average Bonchev–Trinajstić information content (AvgIpc) is 2.90. The van der Waals surface area contributed by atoms with Crippen LogP contribution in [0.25, 0.3) is 16.9 Å². The molecule has 5 nitrogen and oxygen atoms in total. The monoisotopic (exact) mass is 267 g/mol. The van der Waals surface area contributed by atoms with E-state index >= 15 is 0 Å². The lowest BCUT2D eigenvalue weighted by Crippen LogP contribution is -1.96. The van der Waals surface area contributed by atoms with Crippen molar-refractivity contribution in [2.45, 2.75) is 6.54 Å². The molecule has 2 heterocycles. The fourth-order valence-corrected chi connectivity index (χ4v) is 2.07. The lowest BCUT2D eigenvalue weighted by Gasteiger charge is -1.97. The summed E-state index contributed by atoms with van der Waals surface area (Å²) in [7, 11) is 0. The maximum atomic E-state index is 10.8. The van der Waals surface area contributed by atoms with Gasteiger partial charge < -0.3 is 15.2 Å². The van der Waals surface area contributed by atoms with Crippen LogP contribution in [0.15, 0.2) is 48.8 Å². The highest BCUT2D eigenvalue weighted by Gasteiger charge is 2.07. The van der Waals surface area contributed by atoms with Gasteiger partial charge in [0, 0.05) is 24.5 Å². The zero-order chi connectivity index (χ0) is 14.1. The van der Waals surface area contributed by atoms with Gasteiger partial charge in [0.15, 0.2) is 0 Å². The molecule has 0 unspecified atom stereocenters. The Kier molecular flexibility index (Phi) is 2.96. The second-order valence-electron chi connectivity index (χ2n) is 4.51. The van der Waals surface area contributed by atoms with E-state index in [0.29, 0.717) is 6.54 Å². The normalized spacial score (nSPS) is 10.8. The highest BCUT2D eigenvalue weighted by molar-refractivity contribution is 5.88. The van der Waals surface area contributed by atoms with E-state index in [-0.39, 0.29) is 5.56 Å². The van der Waals surface area contributed by atoms with Crippen molar-refractivity contribution in [3.8, 4) is 11.3 Å². The molecule has 3 N–H and O–H groups in total. The Morgan fingerprint density at radius 1 is 1.25 bits per heavy atom. The van der Waals surface area contributed by atoms with Gasteiger partial charge in [-0.05, 0) is 29.8 Å². The average molecular weight is 267 g/mol. The summed E-state index contributed by atoms with van der Waals surface area (Å²) in [6.07, 6.45) is 3.82. The summed E-state index contributed by atoms with van der Waals surface area (Å²) in [5.74, 6) is -0.931. The van der Waals surface area contributed by atoms with E-state index < -0.39 is 5.97 Å². The summed E-state index contributed by atoms with van der Waals surface area (Å²) in [6.45, 7) is 0.478. The molecule has 0 saturated heterocycles. The second kappa shape index (κ2) is 4.79. The molecule has 100 valence electrons. The van der Waals surface area contributed by atoms with E-state index in [9.17, 15) is 4.79 Å². The number of hydrogen-bond acceptors (Lipinski definition) is 3. The van der Waals surface area contributed by atoms with Gasteiger partial charge in [-0.25, -0.2) is 9.78 Å². The molecule has 3 rings (SSSR count). The van der Waals surface area contributed by atoms with Crippen molar-refractivity contribution in [2.24, 2.45) is 5.73 Å². The minimum absolute atomic E-state index is 0.267. The fraction of sp³-hybridized carbons (Fsp3) is 0.0667. The standard InChI is InChI=1S/C15H13N3O2/c16-8-10-5-6-18-9-13(17-14(18)7-10)11-1-3-12(4-2-11)15(19)20/h1-7,9H,8,16H2,(H,19,20). The lowest BCUT2D eigenvalue weighted by molar-refractivity contribution is 0.0697. The number of aromatic nitrogens is 2. The predicted molar refractivity (Wildman–Crippen MR) is 75.5 cm³/mol. The predicted octanol–water partition coefficient (Wildman–Crippen LogP) is 2.16. The van der Waals surface area contributed by atoms with Crippen LogP contribution in [0.5, 0.6) is 0 Å². The number of hydrogen-bond donors (Lipinski definition) is 2. The van der Waals surface area contributed by atoms with Gasteiger partial charge in [-0.3, -0.25) is 0 Å². The molecule has 20 heavy (non-hydrogen) atoms. The molecular weight excluding hydrogens is 254 g/mol. The van der Waals surface area contributed by atoms with Crippen molar-refractivity contribution in [1.29, 1.82) is 0 Å². The number of carbonyl (C=O) groups is 1. The molecule has 0 aliphatic carbocycles. The maximum absolute atomic E-state index is 10.8. The Balaban J connectivity index is 2.03. The molecule has 0 spiro atoms. The molecule has 0 aliphatic rings. The lowest BCUT2D eigenvalue weighted by atomic mass is 10.1. The van der Waals surface area contributed by atoms with Gasteiger partial charge >= 0.3 is 5.97 Å². The molecule has 0 amide bonds. The Labute approximate surface area is 115 Å². The number of nitrogens with two attached hydrogens (primary N) is 1. The van der Waals surface area contributed by atoms with E-state index in [2.05, 4.69) is 4.98 Å². The molecule has 5 heteroatoms. The van der Waals surface area contributed by atoms with Crippen LogP contribution in [0.1, 0.15) is 15.9 Å². The van der Waals surface area contributed by atoms with Crippen LogP contribution in [0, 0.1) is 0 Å². The van der Waals surface area contributed by atoms with Gasteiger partial charge in [0.25, 0.3) is 0 Å². The smallest absolute Gasteiger partial charge is 0.335 e. The number of nitrogens with zero attached hydrogens (tertiary/aromatic N) is 2. The number of carboxylic acids is 1. The zero-order valence-corrected chi connectivity index (χ0v) is 10.7. The van der Waals surface area contributed by atoms with E-state index in [1.54, 1.807) is 24.3 Å². The van der Waals surface area contributed by atoms with Crippen LogP contribution in [-0.2, 0) is 6.54 Å². The largest absolute Gasteiger partial charge is 0.478 e. The van der Waals surface area contributed by atoms with Gasteiger partial charge in [-0.2, -0.15) is 0 Å². The van der Waals surface area contributed by atoms with Crippen molar-refractivity contribution in [3.63, 3.8) is 0 Å². The Hall–Kier alpha value is -2.66. The summed E-state index contributed by atoms with van der Waals surface area (Å²) in [6, 6.07) is 10.6. The van der Waals surface area contributed by atoms with Crippen molar-refractivity contribution in [2.75, 3.05) is 0 Å². The quantitative estimate of drug-likeness (QED) is 0.762. The van der Waals surface area contributed by atoms with Crippen LogP contribution in [-0.4, -0.2) is 20.5 Å². The molecule has 3 aromatic rings. The highest BCUT2D eigenvalue weighted by Crippen LogP contribution is 2.20. The Bertz CT molecular complexity index is 775. The number of imidazole rings is 1. The first-order valence-electron chi connectivity index (χ1n) is 6.19. The molecule has 2 aromatic heterocycles. The Morgan fingerprint density at radius 2 is 2.00 bits per heavy atom. The summed E-state index contributed by atoms with van der Waals surface area (Å²) < 4.78 is 1.92. The first-order valence-corrected chi connectivity index (χ1v) is 6.19.